The summed E-state index contributed by atoms with van der Waals surface area (Å²) >= 11 is 1.71. The molecule has 0 saturated heterocycles. The highest BCUT2D eigenvalue weighted by Crippen LogP contribution is 2.24. The maximum atomic E-state index is 11.8. The van der Waals surface area contributed by atoms with Gasteiger partial charge in [0.25, 0.3) is 0 Å². The number of nitrogens with zero attached hydrogens (tertiary/aromatic N) is 3. The number of carbonyl (C=O) groups is 1. The first-order valence-electron chi connectivity index (χ1n) is 10.3. The Labute approximate surface area is 175 Å². The quantitative estimate of drug-likeness (QED) is 0.400. The molecule has 1 aromatic heterocycles. The van der Waals surface area contributed by atoms with Gasteiger partial charge in [-0.2, -0.15) is 0 Å². The predicted octanol–water partition coefficient (Wildman–Crippen LogP) is 4.40. The lowest BCUT2D eigenvalue weighted by molar-refractivity contribution is -0.121. The molecule has 1 saturated carbocycles. The Morgan fingerprint density at radius 2 is 1.72 bits per heavy atom. The summed E-state index contributed by atoms with van der Waals surface area (Å²) in [5, 5.41) is 12.9. The van der Waals surface area contributed by atoms with Crippen LogP contribution >= 0.6 is 11.8 Å². The summed E-state index contributed by atoms with van der Waals surface area (Å²) in [6.07, 6.45) is 5.52. The molecule has 0 radical (unpaired) electrons. The van der Waals surface area contributed by atoms with Gasteiger partial charge in [-0.1, -0.05) is 60.3 Å². The minimum atomic E-state index is 0.190. The molecular weight excluding hydrogens is 380 g/mol. The second kappa shape index (κ2) is 9.74. The summed E-state index contributed by atoms with van der Waals surface area (Å²) < 4.78 is 2.15. The van der Waals surface area contributed by atoms with Crippen molar-refractivity contribution in [2.75, 3.05) is 5.75 Å². The van der Waals surface area contributed by atoms with Crippen molar-refractivity contribution in [2.24, 2.45) is 0 Å². The highest BCUT2D eigenvalue weighted by atomic mass is 32.2. The number of aromatic nitrogens is 3. The summed E-state index contributed by atoms with van der Waals surface area (Å²) in [4.78, 5) is 11.8. The van der Waals surface area contributed by atoms with Crippen LogP contribution in [0, 0.1) is 0 Å². The average Bonchev–Trinajstić information content (AvgIpc) is 3.48. The molecule has 0 spiro atoms. The predicted molar refractivity (Wildman–Crippen MR) is 116 cm³/mol. The number of nitrogens with one attached hydrogen (secondary N) is 1. The van der Waals surface area contributed by atoms with Crippen LogP contribution < -0.4 is 5.32 Å². The molecule has 2 aromatic carbocycles. The molecule has 1 N–H and O–H groups in total. The number of hydrogen-bond acceptors (Lipinski definition) is 4. The molecule has 1 amide bonds. The van der Waals surface area contributed by atoms with E-state index < -0.39 is 0 Å². The van der Waals surface area contributed by atoms with Crippen LogP contribution in [0.1, 0.15) is 43.5 Å². The minimum Gasteiger partial charge on any atom is -0.353 e. The molecule has 1 heterocycles. The maximum Gasteiger partial charge on any atom is 0.220 e. The topological polar surface area (TPSA) is 59.8 Å². The molecule has 1 aliphatic rings. The van der Waals surface area contributed by atoms with Gasteiger partial charge in [-0.05, 0) is 43.4 Å². The van der Waals surface area contributed by atoms with E-state index in [1.807, 2.05) is 36.4 Å². The zero-order chi connectivity index (χ0) is 19.9. The lowest BCUT2D eigenvalue weighted by Crippen LogP contribution is -2.24. The van der Waals surface area contributed by atoms with Crippen LogP contribution in [0.15, 0.2) is 65.8 Å². The van der Waals surface area contributed by atoms with Crippen LogP contribution in [-0.2, 0) is 11.2 Å². The van der Waals surface area contributed by atoms with E-state index in [2.05, 4.69) is 44.3 Å². The van der Waals surface area contributed by atoms with Gasteiger partial charge in [0.05, 0.1) is 0 Å². The van der Waals surface area contributed by atoms with Crippen LogP contribution in [0.25, 0.3) is 5.69 Å². The van der Waals surface area contributed by atoms with Crippen LogP contribution in [0.4, 0.5) is 0 Å². The molecule has 0 atom stereocenters. The second-order valence-corrected chi connectivity index (χ2v) is 8.44. The first-order valence-corrected chi connectivity index (χ1v) is 11.2. The van der Waals surface area contributed by atoms with E-state index in [1.165, 1.54) is 5.56 Å². The molecule has 4 rings (SSSR count). The monoisotopic (exact) mass is 406 g/mol. The summed E-state index contributed by atoms with van der Waals surface area (Å²) in [6.45, 7) is 0. The molecule has 1 fully saturated rings. The first-order chi connectivity index (χ1) is 14.3. The van der Waals surface area contributed by atoms with Crippen molar-refractivity contribution in [1.82, 2.24) is 20.1 Å². The van der Waals surface area contributed by atoms with Gasteiger partial charge in [-0.25, -0.2) is 0 Å². The summed E-state index contributed by atoms with van der Waals surface area (Å²) in [5.74, 6) is 2.05. The van der Waals surface area contributed by atoms with Gasteiger partial charge >= 0.3 is 0 Å². The third kappa shape index (κ3) is 5.70. The number of amides is 1. The van der Waals surface area contributed by atoms with Crippen LogP contribution in [0.2, 0.25) is 0 Å². The Hall–Kier alpha value is -2.60. The lowest BCUT2D eigenvalue weighted by atomic mass is 10.1. The number of unbranched alkanes of at least 4 members (excludes halogenated alkanes) is 1. The summed E-state index contributed by atoms with van der Waals surface area (Å²) in [6, 6.07) is 21.1. The van der Waals surface area contributed by atoms with Gasteiger partial charge in [0.15, 0.2) is 5.16 Å². The summed E-state index contributed by atoms with van der Waals surface area (Å²) in [7, 11) is 0. The third-order valence-electron chi connectivity index (χ3n) is 4.89. The fourth-order valence-electron chi connectivity index (χ4n) is 3.20. The van der Waals surface area contributed by atoms with Gasteiger partial charge in [0, 0.05) is 30.3 Å². The first kappa shape index (κ1) is 19.7. The van der Waals surface area contributed by atoms with Gasteiger partial charge in [0.1, 0.15) is 5.82 Å². The number of hydrogen-bond donors (Lipinski definition) is 1. The van der Waals surface area contributed by atoms with Crippen molar-refractivity contribution in [3.05, 3.63) is 72.1 Å². The van der Waals surface area contributed by atoms with E-state index in [0.29, 0.717) is 12.5 Å². The van der Waals surface area contributed by atoms with E-state index in [-0.39, 0.29) is 5.91 Å². The molecule has 29 heavy (non-hydrogen) atoms. The third-order valence-corrected chi connectivity index (χ3v) is 5.91. The number of benzene rings is 2. The van der Waals surface area contributed by atoms with Crippen molar-refractivity contribution in [3.8, 4) is 5.69 Å². The highest BCUT2D eigenvalue weighted by molar-refractivity contribution is 7.99. The largest absolute Gasteiger partial charge is 0.353 e. The zero-order valence-corrected chi connectivity index (χ0v) is 17.3. The molecule has 0 aliphatic heterocycles. The Bertz CT molecular complexity index is 923. The van der Waals surface area contributed by atoms with E-state index in [9.17, 15) is 4.79 Å². The average molecular weight is 407 g/mol. The molecule has 150 valence electrons. The van der Waals surface area contributed by atoms with Gasteiger partial charge in [0.2, 0.25) is 5.91 Å². The number of thioether (sulfide) groups is 1. The van der Waals surface area contributed by atoms with Crippen molar-refractivity contribution in [2.45, 2.75) is 49.7 Å². The number of rotatable bonds is 10. The minimum absolute atomic E-state index is 0.190. The molecule has 5 nitrogen and oxygen atoms in total. The SMILES string of the molecule is O=C(CCCCSc1nnc(Cc2ccccc2)n1-c1ccccc1)NC1CC1. The smallest absolute Gasteiger partial charge is 0.220 e. The highest BCUT2D eigenvalue weighted by Gasteiger charge is 2.22. The van der Waals surface area contributed by atoms with E-state index in [1.54, 1.807) is 11.8 Å². The molecule has 0 bridgehead atoms. The number of carbonyl (C=O) groups excluding carboxylic acids is 1. The zero-order valence-electron chi connectivity index (χ0n) is 16.5. The Morgan fingerprint density at radius 3 is 2.45 bits per heavy atom. The Balaban J connectivity index is 1.38. The standard InChI is InChI=1S/C23H26N4OS/c28-22(24-19-14-15-19)13-7-8-16-29-23-26-25-21(17-18-9-3-1-4-10-18)27(23)20-11-5-2-6-12-20/h1-6,9-12,19H,7-8,13-17H2,(H,24,28). The molecule has 0 unspecified atom stereocenters. The van der Waals surface area contributed by atoms with Crippen molar-refractivity contribution in [3.63, 3.8) is 0 Å². The van der Waals surface area contributed by atoms with Crippen LogP contribution in [0.3, 0.4) is 0 Å². The van der Waals surface area contributed by atoms with Crippen molar-refractivity contribution < 1.29 is 4.79 Å². The van der Waals surface area contributed by atoms with Crippen LogP contribution in [0.5, 0.6) is 0 Å². The fraction of sp³-hybridized carbons (Fsp3) is 0.348. The number of para-hydroxylation sites is 1. The normalized spacial score (nSPS) is 13.4. The van der Waals surface area contributed by atoms with E-state index in [4.69, 9.17) is 0 Å². The van der Waals surface area contributed by atoms with E-state index >= 15 is 0 Å². The maximum absolute atomic E-state index is 11.8. The fourth-order valence-corrected chi connectivity index (χ4v) is 4.17. The lowest BCUT2D eigenvalue weighted by Gasteiger charge is -2.10. The van der Waals surface area contributed by atoms with Gasteiger partial charge in [-0.15, -0.1) is 10.2 Å². The molecule has 6 heteroatoms. The second-order valence-electron chi connectivity index (χ2n) is 7.38. The Kier molecular flexibility index (Phi) is 6.62. The summed E-state index contributed by atoms with van der Waals surface area (Å²) in [5.41, 5.74) is 2.30. The molecule has 1 aliphatic carbocycles. The molecule has 3 aromatic rings. The Morgan fingerprint density at radius 1 is 1.00 bits per heavy atom. The van der Waals surface area contributed by atoms with Crippen molar-refractivity contribution in [1.29, 1.82) is 0 Å². The van der Waals surface area contributed by atoms with E-state index in [0.717, 1.165) is 54.5 Å². The van der Waals surface area contributed by atoms with Gasteiger partial charge in [-0.3, -0.25) is 9.36 Å². The van der Waals surface area contributed by atoms with Crippen LogP contribution in [-0.4, -0.2) is 32.5 Å². The molecular formula is C23H26N4OS. The van der Waals surface area contributed by atoms with Crippen molar-refractivity contribution >= 4 is 17.7 Å². The van der Waals surface area contributed by atoms with Gasteiger partial charge < -0.3 is 5.32 Å².